The molecule has 1 aromatic heterocycles. The quantitative estimate of drug-likeness (QED) is 0.563. The Bertz CT molecular complexity index is 1030. The second-order valence-electron chi connectivity index (χ2n) is 7.78. The summed E-state index contributed by atoms with van der Waals surface area (Å²) in [5, 5.41) is 7.57. The van der Waals surface area contributed by atoms with Gasteiger partial charge in [-0.15, -0.1) is 0 Å². The third-order valence-corrected chi connectivity index (χ3v) is 4.99. The van der Waals surface area contributed by atoms with Crippen LogP contribution in [-0.2, 0) is 11.2 Å². The topological polar surface area (TPSA) is 59.4 Å². The van der Waals surface area contributed by atoms with E-state index in [9.17, 15) is 9.18 Å². The van der Waals surface area contributed by atoms with Gasteiger partial charge in [-0.1, -0.05) is 18.2 Å². The van der Waals surface area contributed by atoms with Gasteiger partial charge < -0.3 is 15.0 Å². The van der Waals surface area contributed by atoms with E-state index in [0.29, 0.717) is 36.7 Å². The van der Waals surface area contributed by atoms with Crippen LogP contribution in [0, 0.1) is 19.7 Å². The highest BCUT2D eigenvalue weighted by Gasteiger charge is 2.20. The zero-order valence-corrected chi connectivity index (χ0v) is 18.5. The molecule has 3 aromatic rings. The number of rotatable bonds is 9. The number of nitrogens with one attached hydrogen (secondary N) is 1. The minimum absolute atomic E-state index is 0.0161. The summed E-state index contributed by atoms with van der Waals surface area (Å²) in [5.74, 6) is 0.920. The Morgan fingerprint density at radius 2 is 1.84 bits per heavy atom. The lowest BCUT2D eigenvalue weighted by Gasteiger charge is -2.13. The van der Waals surface area contributed by atoms with Crippen LogP contribution in [-0.4, -0.2) is 47.8 Å². The molecule has 2 aromatic carbocycles. The molecule has 164 valence electrons. The van der Waals surface area contributed by atoms with Crippen molar-refractivity contribution in [2.24, 2.45) is 0 Å². The van der Waals surface area contributed by atoms with Gasteiger partial charge in [-0.2, -0.15) is 5.10 Å². The Hall–Kier alpha value is -3.19. The van der Waals surface area contributed by atoms with E-state index in [1.807, 2.05) is 57.1 Å². The highest BCUT2D eigenvalue weighted by Crippen LogP contribution is 2.32. The van der Waals surface area contributed by atoms with Crippen LogP contribution in [0.25, 0.3) is 5.69 Å². The maximum Gasteiger partial charge on any atom is 0.226 e. The van der Waals surface area contributed by atoms with Crippen molar-refractivity contribution in [3.05, 3.63) is 71.2 Å². The zero-order valence-electron chi connectivity index (χ0n) is 18.5. The molecule has 0 bridgehead atoms. The first kappa shape index (κ1) is 22.5. The number of aromatic nitrogens is 2. The standard InChI is InChI=1S/C24H29FN4O2/c1-17-7-5-6-8-22(17)31-24-21(13-14-23(30)26-15-16-28(3)4)18(2)27-29(24)20-11-9-19(25)10-12-20/h5-12H,13-16H2,1-4H3,(H,26,30). The van der Waals surface area contributed by atoms with Crippen LogP contribution >= 0.6 is 0 Å². The SMILES string of the molecule is Cc1ccccc1Oc1c(CCC(=O)NCCN(C)C)c(C)nn1-c1ccc(F)cc1. The summed E-state index contributed by atoms with van der Waals surface area (Å²) >= 11 is 0. The summed E-state index contributed by atoms with van der Waals surface area (Å²) in [7, 11) is 3.93. The average Bonchev–Trinajstić information content (AvgIpc) is 3.03. The van der Waals surface area contributed by atoms with Gasteiger partial charge in [0.05, 0.1) is 11.4 Å². The van der Waals surface area contributed by atoms with E-state index < -0.39 is 0 Å². The fourth-order valence-corrected chi connectivity index (χ4v) is 3.21. The zero-order chi connectivity index (χ0) is 22.4. The Morgan fingerprint density at radius 3 is 2.52 bits per heavy atom. The fraction of sp³-hybridized carbons (Fsp3) is 0.333. The van der Waals surface area contributed by atoms with Crippen molar-refractivity contribution in [2.45, 2.75) is 26.7 Å². The number of halogens is 1. The Kier molecular flexibility index (Phi) is 7.41. The summed E-state index contributed by atoms with van der Waals surface area (Å²) < 4.78 is 21.4. The molecule has 0 saturated carbocycles. The molecule has 0 atom stereocenters. The Labute approximate surface area is 182 Å². The third kappa shape index (κ3) is 5.92. The van der Waals surface area contributed by atoms with E-state index in [2.05, 4.69) is 10.4 Å². The van der Waals surface area contributed by atoms with E-state index in [4.69, 9.17) is 4.74 Å². The first-order chi connectivity index (χ1) is 14.8. The minimum atomic E-state index is -0.316. The van der Waals surface area contributed by atoms with Crippen molar-refractivity contribution in [3.8, 4) is 17.3 Å². The number of hydrogen-bond donors (Lipinski definition) is 1. The molecule has 1 heterocycles. The van der Waals surface area contributed by atoms with Crippen LogP contribution < -0.4 is 10.1 Å². The molecule has 0 spiro atoms. The number of benzene rings is 2. The minimum Gasteiger partial charge on any atom is -0.438 e. The Balaban J connectivity index is 1.88. The van der Waals surface area contributed by atoms with Crippen molar-refractivity contribution in [2.75, 3.05) is 27.2 Å². The number of amides is 1. The molecule has 0 aliphatic rings. The number of nitrogens with zero attached hydrogens (tertiary/aromatic N) is 3. The second kappa shape index (κ2) is 10.2. The van der Waals surface area contributed by atoms with E-state index in [0.717, 1.165) is 23.4 Å². The molecule has 0 fully saturated rings. The monoisotopic (exact) mass is 424 g/mol. The summed E-state index contributed by atoms with van der Waals surface area (Å²) in [5.41, 5.74) is 3.30. The number of hydrogen-bond acceptors (Lipinski definition) is 4. The first-order valence-electron chi connectivity index (χ1n) is 10.3. The second-order valence-corrected chi connectivity index (χ2v) is 7.78. The smallest absolute Gasteiger partial charge is 0.226 e. The summed E-state index contributed by atoms with van der Waals surface area (Å²) in [6, 6.07) is 13.8. The molecule has 7 heteroatoms. The number of para-hydroxylation sites is 1. The van der Waals surface area contributed by atoms with Gasteiger partial charge >= 0.3 is 0 Å². The lowest BCUT2D eigenvalue weighted by Crippen LogP contribution is -2.31. The van der Waals surface area contributed by atoms with Crippen LogP contribution in [0.4, 0.5) is 4.39 Å². The molecular weight excluding hydrogens is 395 g/mol. The van der Waals surface area contributed by atoms with E-state index in [1.54, 1.807) is 16.8 Å². The van der Waals surface area contributed by atoms with Crippen molar-refractivity contribution in [3.63, 3.8) is 0 Å². The highest BCUT2D eigenvalue weighted by atomic mass is 19.1. The molecule has 6 nitrogen and oxygen atoms in total. The molecule has 1 N–H and O–H groups in total. The van der Waals surface area contributed by atoms with Crippen molar-refractivity contribution >= 4 is 5.91 Å². The van der Waals surface area contributed by atoms with Crippen molar-refractivity contribution in [1.82, 2.24) is 20.0 Å². The lowest BCUT2D eigenvalue weighted by atomic mass is 10.1. The van der Waals surface area contributed by atoms with Gasteiger partial charge in [-0.3, -0.25) is 4.79 Å². The molecule has 1 amide bonds. The molecule has 0 unspecified atom stereocenters. The van der Waals surface area contributed by atoms with Gasteiger partial charge in [0.25, 0.3) is 0 Å². The van der Waals surface area contributed by atoms with Gasteiger partial charge in [0.2, 0.25) is 11.8 Å². The summed E-state index contributed by atoms with van der Waals surface area (Å²) in [6.07, 6.45) is 0.815. The number of carbonyl (C=O) groups excluding carboxylic acids is 1. The van der Waals surface area contributed by atoms with Crippen LogP contribution in [0.1, 0.15) is 23.2 Å². The number of carbonyl (C=O) groups is 1. The maximum absolute atomic E-state index is 13.4. The molecule has 0 aliphatic heterocycles. The average molecular weight is 425 g/mol. The largest absolute Gasteiger partial charge is 0.438 e. The fourth-order valence-electron chi connectivity index (χ4n) is 3.21. The molecule has 0 saturated heterocycles. The van der Waals surface area contributed by atoms with Crippen LogP contribution in [0.15, 0.2) is 48.5 Å². The normalized spacial score (nSPS) is 11.0. The highest BCUT2D eigenvalue weighted by molar-refractivity contribution is 5.76. The van der Waals surface area contributed by atoms with E-state index >= 15 is 0 Å². The Morgan fingerprint density at radius 1 is 1.13 bits per heavy atom. The molecule has 3 rings (SSSR count). The maximum atomic E-state index is 13.4. The third-order valence-electron chi connectivity index (χ3n) is 4.99. The molecule has 31 heavy (non-hydrogen) atoms. The van der Waals surface area contributed by atoms with Crippen molar-refractivity contribution in [1.29, 1.82) is 0 Å². The summed E-state index contributed by atoms with van der Waals surface area (Å²) in [6.45, 7) is 5.25. The van der Waals surface area contributed by atoms with Gasteiger partial charge in [0, 0.05) is 25.1 Å². The van der Waals surface area contributed by atoms with Gasteiger partial charge in [0.15, 0.2) is 0 Å². The van der Waals surface area contributed by atoms with Crippen LogP contribution in [0.5, 0.6) is 11.6 Å². The van der Waals surface area contributed by atoms with Gasteiger partial charge in [-0.05, 0) is 70.3 Å². The van der Waals surface area contributed by atoms with Crippen LogP contribution in [0.2, 0.25) is 0 Å². The van der Waals surface area contributed by atoms with Gasteiger partial charge in [-0.25, -0.2) is 9.07 Å². The van der Waals surface area contributed by atoms with Gasteiger partial charge in [0.1, 0.15) is 11.6 Å². The number of ether oxygens (including phenoxy) is 1. The molecular formula is C24H29FN4O2. The predicted octanol–water partition coefficient (Wildman–Crippen LogP) is 4.03. The lowest BCUT2D eigenvalue weighted by molar-refractivity contribution is -0.121. The number of aryl methyl sites for hydroxylation is 2. The van der Waals surface area contributed by atoms with Crippen molar-refractivity contribution < 1.29 is 13.9 Å². The predicted molar refractivity (Wildman–Crippen MR) is 119 cm³/mol. The molecule has 0 radical (unpaired) electrons. The van der Waals surface area contributed by atoms with E-state index in [1.165, 1.54) is 12.1 Å². The van der Waals surface area contributed by atoms with E-state index in [-0.39, 0.29) is 11.7 Å². The van der Waals surface area contributed by atoms with Crippen LogP contribution in [0.3, 0.4) is 0 Å². The number of likely N-dealkylation sites (N-methyl/N-ethyl adjacent to an activating group) is 1. The first-order valence-corrected chi connectivity index (χ1v) is 10.3. The molecule has 0 aliphatic carbocycles. The summed E-state index contributed by atoms with van der Waals surface area (Å²) in [4.78, 5) is 14.3.